The molecule has 13 nitrogen and oxygen atoms in total. The fraction of sp³-hybridized carbons (Fsp3) is 0.639. The number of aromatic carboxylic acids is 1. The minimum absolute atomic E-state index is 0.00894. The van der Waals surface area contributed by atoms with E-state index in [-0.39, 0.29) is 18.0 Å². The number of aliphatic carboxylic acids is 1. The number of nitrogens with zero attached hydrogens (tertiary/aromatic N) is 5. The lowest BCUT2D eigenvalue weighted by atomic mass is 10.3. The molecule has 294 valence electrons. The van der Waals surface area contributed by atoms with Gasteiger partial charge in [0.15, 0.2) is 0 Å². The molecular weight excluding hydrogens is 727 g/mol. The van der Waals surface area contributed by atoms with Crippen molar-refractivity contribution in [2.75, 3.05) is 109 Å². The first kappa shape index (κ1) is 49.5. The van der Waals surface area contributed by atoms with E-state index >= 15 is 0 Å². The summed E-state index contributed by atoms with van der Waals surface area (Å²) in [7, 11) is 0. The van der Waals surface area contributed by atoms with E-state index < -0.39 is 11.9 Å². The maximum Gasteiger partial charge on any atom is 0.354 e. The average Bonchev–Trinajstić information content (AvgIpc) is 3.13. The van der Waals surface area contributed by atoms with Crippen molar-refractivity contribution in [2.45, 2.75) is 39.2 Å². The fourth-order valence-electron chi connectivity index (χ4n) is 4.32. The Balaban J connectivity index is 0.00000835. The molecule has 16 heteroatoms. The Morgan fingerprint density at radius 1 is 0.923 bits per heavy atom. The number of carboxylic acids is 2. The van der Waals surface area contributed by atoms with Gasteiger partial charge in [0.25, 0.3) is 0 Å². The number of carbonyl (C=O) groups is 2. The van der Waals surface area contributed by atoms with Crippen LogP contribution in [0.2, 0.25) is 0 Å². The predicted octanol–water partition coefficient (Wildman–Crippen LogP) is 5.03. The summed E-state index contributed by atoms with van der Waals surface area (Å²) in [6.45, 7) is 11.0. The molecule has 0 fully saturated rings. The number of rotatable bonds is 32. The second kappa shape index (κ2) is 35.6. The zero-order chi connectivity index (χ0) is 38.7. The zero-order valence-electron chi connectivity index (χ0n) is 31.1. The van der Waals surface area contributed by atoms with Gasteiger partial charge in [0.1, 0.15) is 16.8 Å². The van der Waals surface area contributed by atoms with E-state index in [9.17, 15) is 24.9 Å². The number of thioether (sulfide) groups is 3. The molecule has 0 aliphatic rings. The molecule has 0 aromatic carbocycles. The van der Waals surface area contributed by atoms with E-state index in [1.165, 1.54) is 30.3 Å². The molecule has 1 rings (SSSR count). The van der Waals surface area contributed by atoms with Gasteiger partial charge in [0, 0.05) is 51.6 Å². The van der Waals surface area contributed by atoms with Crippen LogP contribution in [0.5, 0.6) is 0 Å². The highest BCUT2D eigenvalue weighted by Crippen LogP contribution is 2.10. The third-order valence-electron chi connectivity index (χ3n) is 6.93. The summed E-state index contributed by atoms with van der Waals surface area (Å²) in [6, 6.07) is 4.98. The number of aliphatic hydroxyl groups excluding tert-OH is 1. The van der Waals surface area contributed by atoms with Crippen LogP contribution >= 0.6 is 35.3 Å². The van der Waals surface area contributed by atoms with Crippen LogP contribution in [0, 0.1) is 10.7 Å². The van der Waals surface area contributed by atoms with Gasteiger partial charge in [-0.2, -0.15) is 28.8 Å². The average molecular weight is 786 g/mol. The van der Waals surface area contributed by atoms with Crippen molar-refractivity contribution in [2.24, 2.45) is 4.99 Å². The highest BCUT2D eigenvalue weighted by molar-refractivity contribution is 8.03. The van der Waals surface area contributed by atoms with Crippen LogP contribution in [-0.2, 0) is 25.5 Å². The third-order valence-corrected chi connectivity index (χ3v) is 8.70. The third kappa shape index (κ3) is 28.1. The molecule has 0 saturated carbocycles. The number of aromatic nitrogens is 1. The number of carboxylic acid groups (broad SMARTS) is 2. The lowest BCUT2D eigenvalue weighted by Gasteiger charge is -2.22. The summed E-state index contributed by atoms with van der Waals surface area (Å²) in [5.74, 6) is 0.867. The smallest absolute Gasteiger partial charge is 0.354 e. The van der Waals surface area contributed by atoms with Crippen molar-refractivity contribution in [3.05, 3.63) is 54.0 Å². The standard InChI is InChI=1S/C34H53N5O8S2.C2H6S/c1-3-29(36-31(4-2)33(41)42)26-38(12-16-40)13-19-46-21-22-47-20-15-39(27-30-10-8-11-32(37-30)34(43)44)14-18-45-17-9-25-48-23-6-5-7-24-49-28-35;1-3-2/h3-4,8,10-11,40H,2,5-7,9,12-27H2,1H3,(H,41,42)(H,43,44);1-2H3/b29-3-,36-31?;. The predicted molar refractivity (Wildman–Crippen MR) is 215 cm³/mol. The number of hydrogen-bond donors (Lipinski definition) is 3. The number of allylic oxidation sites excluding steroid dienone is 1. The van der Waals surface area contributed by atoms with Gasteiger partial charge in [0.2, 0.25) is 0 Å². The van der Waals surface area contributed by atoms with E-state index in [0.717, 1.165) is 36.5 Å². The molecule has 0 atom stereocenters. The van der Waals surface area contributed by atoms with Crippen LogP contribution in [-0.4, -0.2) is 156 Å². The van der Waals surface area contributed by atoms with E-state index in [4.69, 9.17) is 19.5 Å². The van der Waals surface area contributed by atoms with Crippen molar-refractivity contribution in [3.63, 3.8) is 0 Å². The van der Waals surface area contributed by atoms with E-state index in [2.05, 4.69) is 26.9 Å². The number of thiocyanates is 1. The van der Waals surface area contributed by atoms with E-state index in [1.807, 2.05) is 35.2 Å². The van der Waals surface area contributed by atoms with Crippen molar-refractivity contribution in [3.8, 4) is 5.40 Å². The van der Waals surface area contributed by atoms with Crippen LogP contribution in [0.15, 0.2) is 47.6 Å². The molecule has 1 heterocycles. The summed E-state index contributed by atoms with van der Waals surface area (Å²) in [5.41, 5.74) is 1.08. The Morgan fingerprint density at radius 3 is 2.12 bits per heavy atom. The Labute approximate surface area is 323 Å². The number of aliphatic hydroxyl groups is 1. The van der Waals surface area contributed by atoms with Crippen LogP contribution in [0.3, 0.4) is 0 Å². The monoisotopic (exact) mass is 785 g/mol. The Bertz CT molecular complexity index is 1200. The largest absolute Gasteiger partial charge is 0.477 e. The molecule has 0 aliphatic heterocycles. The maximum atomic E-state index is 11.4. The molecule has 0 saturated heterocycles. The topological polar surface area (TPSA) is 178 Å². The number of unbranched alkanes of at least 4 members (excludes halogenated alkanes) is 2. The molecule has 0 bridgehead atoms. The molecule has 0 radical (unpaired) electrons. The van der Waals surface area contributed by atoms with Crippen molar-refractivity contribution in [1.82, 2.24) is 14.8 Å². The maximum absolute atomic E-state index is 11.4. The number of ether oxygens (including phenoxy) is 3. The Kier molecular flexibility index (Phi) is 33.9. The molecule has 0 spiro atoms. The molecule has 52 heavy (non-hydrogen) atoms. The van der Waals surface area contributed by atoms with Gasteiger partial charge in [0.05, 0.1) is 51.0 Å². The molecule has 0 aliphatic carbocycles. The molecule has 1 aromatic heterocycles. The summed E-state index contributed by atoms with van der Waals surface area (Å²) >= 11 is 5.00. The van der Waals surface area contributed by atoms with Gasteiger partial charge < -0.3 is 29.5 Å². The second-order valence-corrected chi connectivity index (χ2v) is 14.0. The van der Waals surface area contributed by atoms with Gasteiger partial charge in [-0.1, -0.05) is 25.1 Å². The van der Waals surface area contributed by atoms with Gasteiger partial charge in [-0.05, 0) is 80.2 Å². The molecule has 0 unspecified atom stereocenters. The van der Waals surface area contributed by atoms with Crippen LogP contribution in [0.25, 0.3) is 0 Å². The summed E-state index contributed by atoms with van der Waals surface area (Å²) < 4.78 is 17.4. The van der Waals surface area contributed by atoms with Gasteiger partial charge in [-0.25, -0.2) is 19.6 Å². The molecule has 0 amide bonds. The number of pyridine rings is 1. The van der Waals surface area contributed by atoms with E-state index in [1.54, 1.807) is 30.8 Å². The van der Waals surface area contributed by atoms with Gasteiger partial charge in [-0.3, -0.25) is 9.80 Å². The van der Waals surface area contributed by atoms with Gasteiger partial charge >= 0.3 is 11.9 Å². The fourth-order valence-corrected chi connectivity index (χ4v) is 5.70. The molecule has 3 N–H and O–H groups in total. The van der Waals surface area contributed by atoms with Crippen LogP contribution in [0.4, 0.5) is 0 Å². The van der Waals surface area contributed by atoms with Crippen molar-refractivity contribution < 1.29 is 39.1 Å². The number of nitriles is 1. The molecular formula is C36H59N5O8S3. The van der Waals surface area contributed by atoms with Crippen molar-refractivity contribution in [1.29, 1.82) is 5.26 Å². The Morgan fingerprint density at radius 2 is 1.54 bits per heavy atom. The second-order valence-electron chi connectivity index (χ2n) is 11.1. The van der Waals surface area contributed by atoms with E-state index in [0.29, 0.717) is 90.3 Å². The van der Waals surface area contributed by atoms with Crippen LogP contribution < -0.4 is 0 Å². The Hall–Kier alpha value is -2.46. The van der Waals surface area contributed by atoms with Crippen LogP contribution in [0.1, 0.15) is 48.8 Å². The van der Waals surface area contributed by atoms with Gasteiger partial charge in [-0.15, -0.1) is 0 Å². The summed E-state index contributed by atoms with van der Waals surface area (Å²) in [4.78, 5) is 35.1. The van der Waals surface area contributed by atoms with Crippen molar-refractivity contribution >= 4 is 52.9 Å². The summed E-state index contributed by atoms with van der Waals surface area (Å²) in [6.07, 6.45) is 11.4. The first-order chi connectivity index (χ1) is 25.3. The highest BCUT2D eigenvalue weighted by Gasteiger charge is 2.12. The first-order valence-corrected chi connectivity index (χ1v) is 21.1. The number of hydrogen-bond acceptors (Lipinski definition) is 14. The minimum atomic E-state index is -1.15. The number of aliphatic imine (C=N–C) groups is 1. The first-order valence-electron chi connectivity index (χ1n) is 17.3. The SMILES string of the molecule is C=CC(=N/C(=C\C)CN(CCO)CCOCCOCCN(CCOCCCSCCCCCSC#N)Cc1cccc(C(=O)O)n1)C(=O)O.CSC. The quantitative estimate of drug-likeness (QED) is 0.0503. The molecule has 1 aromatic rings. The lowest BCUT2D eigenvalue weighted by Crippen LogP contribution is -2.33. The lowest BCUT2D eigenvalue weighted by molar-refractivity contribution is -0.129. The minimum Gasteiger partial charge on any atom is -0.477 e. The highest BCUT2D eigenvalue weighted by atomic mass is 32.2. The summed E-state index contributed by atoms with van der Waals surface area (Å²) in [5, 5.41) is 38.6. The normalized spacial score (nSPS) is 11.7. The zero-order valence-corrected chi connectivity index (χ0v) is 33.5.